The lowest BCUT2D eigenvalue weighted by Crippen LogP contribution is -2.60. The first-order valence-corrected chi connectivity index (χ1v) is 9.72. The highest BCUT2D eigenvalue weighted by Crippen LogP contribution is 2.75. The largest absolute Gasteiger partial charge is 0.350 e. The molecule has 0 radical (unpaired) electrons. The van der Waals surface area contributed by atoms with Gasteiger partial charge in [0.15, 0.2) is 0 Å². The van der Waals surface area contributed by atoms with Crippen molar-refractivity contribution in [2.45, 2.75) is 15.5 Å². The average molecular weight is 482 g/mol. The van der Waals surface area contributed by atoms with Crippen molar-refractivity contribution in [1.29, 1.82) is 0 Å². The normalized spacial score (nSPS) is 34.9. The van der Waals surface area contributed by atoms with E-state index in [0.717, 1.165) is 4.90 Å². The van der Waals surface area contributed by atoms with Gasteiger partial charge in [-0.3, -0.25) is 19.7 Å². The number of imide groups is 1. The molecular formula is C17H12Cl4N2O6. The highest BCUT2D eigenvalue weighted by atomic mass is 35.5. The lowest BCUT2D eigenvalue weighted by molar-refractivity contribution is -0.384. The second-order valence-corrected chi connectivity index (χ2v) is 8.77. The molecule has 3 aliphatic rings. The third kappa shape index (κ3) is 2.05. The van der Waals surface area contributed by atoms with E-state index in [-0.39, 0.29) is 21.4 Å². The molecule has 8 nitrogen and oxygen atoms in total. The number of halogens is 4. The number of fused-ring (bicyclic) bond motifs is 5. The highest BCUT2D eigenvalue weighted by Gasteiger charge is 2.89. The van der Waals surface area contributed by atoms with Crippen LogP contribution in [0.25, 0.3) is 0 Å². The van der Waals surface area contributed by atoms with E-state index in [1.807, 2.05) is 0 Å². The third-order valence-corrected chi connectivity index (χ3v) is 8.46. The van der Waals surface area contributed by atoms with Gasteiger partial charge in [-0.15, -0.1) is 23.2 Å². The van der Waals surface area contributed by atoms with E-state index in [0.29, 0.717) is 0 Å². The monoisotopic (exact) mass is 480 g/mol. The molecule has 2 amide bonds. The number of methoxy groups -OCH3 is 2. The van der Waals surface area contributed by atoms with E-state index in [2.05, 4.69) is 0 Å². The number of non-ortho nitro benzene ring substituents is 1. The van der Waals surface area contributed by atoms with Crippen LogP contribution >= 0.6 is 46.4 Å². The fourth-order valence-electron chi connectivity index (χ4n) is 4.68. The summed E-state index contributed by atoms with van der Waals surface area (Å²) in [6, 6.07) is 4.93. The van der Waals surface area contributed by atoms with Gasteiger partial charge in [0.1, 0.15) is 9.75 Å². The first-order valence-electron chi connectivity index (χ1n) is 8.21. The molecule has 1 saturated carbocycles. The van der Waals surface area contributed by atoms with Crippen molar-refractivity contribution in [3.05, 3.63) is 44.4 Å². The van der Waals surface area contributed by atoms with E-state index in [4.69, 9.17) is 55.9 Å². The second kappa shape index (κ2) is 6.29. The number of hydrogen-bond acceptors (Lipinski definition) is 6. The van der Waals surface area contributed by atoms with Gasteiger partial charge in [0.25, 0.3) is 5.69 Å². The Labute approximate surface area is 184 Å². The summed E-state index contributed by atoms with van der Waals surface area (Å²) in [6.07, 6.45) is 0. The summed E-state index contributed by atoms with van der Waals surface area (Å²) in [7, 11) is 2.53. The SMILES string of the molecule is COC1(OC)[C@@]2(Cl)C(Cl)=C(Cl)[C@@]1(Cl)[C@H]1C(=O)N(c3ccc([N+](=O)[O-])cc3)C(=O)[C@H]12. The van der Waals surface area contributed by atoms with Crippen molar-refractivity contribution in [3.8, 4) is 0 Å². The number of nitrogens with zero attached hydrogens (tertiary/aromatic N) is 2. The van der Waals surface area contributed by atoms with Gasteiger partial charge in [-0.2, -0.15) is 0 Å². The van der Waals surface area contributed by atoms with Crippen LogP contribution in [0.1, 0.15) is 0 Å². The van der Waals surface area contributed by atoms with Crippen molar-refractivity contribution in [2.24, 2.45) is 11.8 Å². The number of alkyl halides is 2. The Kier molecular flexibility index (Phi) is 4.52. The summed E-state index contributed by atoms with van der Waals surface area (Å²) in [6.45, 7) is 0. The van der Waals surface area contributed by atoms with Crippen LogP contribution in [0.15, 0.2) is 34.3 Å². The minimum atomic E-state index is -1.86. The molecule has 4 atom stereocenters. The summed E-state index contributed by atoms with van der Waals surface area (Å²) in [5, 5.41) is 10.6. The molecule has 154 valence electrons. The Bertz CT molecular complexity index is 948. The minimum absolute atomic E-state index is 0.132. The zero-order chi connectivity index (χ0) is 21.5. The summed E-state index contributed by atoms with van der Waals surface area (Å²) < 4.78 is 11.0. The average Bonchev–Trinajstić information content (AvgIpc) is 3.12. The molecule has 1 aromatic rings. The lowest BCUT2D eigenvalue weighted by Gasteiger charge is -2.42. The molecule has 1 aromatic carbocycles. The molecule has 0 spiro atoms. The van der Waals surface area contributed by atoms with E-state index in [1.165, 1.54) is 38.5 Å². The fraction of sp³-hybridized carbons (Fsp3) is 0.412. The van der Waals surface area contributed by atoms with Crippen LogP contribution in [-0.2, 0) is 19.1 Å². The van der Waals surface area contributed by atoms with Gasteiger partial charge in [0, 0.05) is 26.4 Å². The molecule has 1 saturated heterocycles. The number of rotatable bonds is 4. The predicted octanol–water partition coefficient (Wildman–Crippen LogP) is 3.36. The maximum Gasteiger partial charge on any atom is 0.269 e. The zero-order valence-electron chi connectivity index (χ0n) is 14.8. The number of carbonyl (C=O) groups is 2. The molecule has 2 fully saturated rings. The first kappa shape index (κ1) is 20.8. The van der Waals surface area contributed by atoms with Crippen molar-refractivity contribution in [2.75, 3.05) is 19.1 Å². The van der Waals surface area contributed by atoms with Crippen LogP contribution in [0.2, 0.25) is 0 Å². The summed E-state index contributed by atoms with van der Waals surface area (Å²) in [5.74, 6) is -5.68. The predicted molar refractivity (Wildman–Crippen MR) is 105 cm³/mol. The smallest absolute Gasteiger partial charge is 0.269 e. The topological polar surface area (TPSA) is 99.0 Å². The van der Waals surface area contributed by atoms with Gasteiger partial charge < -0.3 is 9.47 Å². The van der Waals surface area contributed by atoms with Gasteiger partial charge in [-0.25, -0.2) is 4.90 Å². The number of benzene rings is 1. The standard InChI is InChI=1S/C17H12Cl4N2O6/c1-28-17(29-2)15(20)9-10(16(17,21)12(19)11(15)18)14(25)22(13(9)24)7-3-5-8(6-4-7)23(26)27/h3-6,9-10H,1-2H3/t9-,10+,15-,16-/m0/s1. The maximum absolute atomic E-state index is 13.3. The summed E-state index contributed by atoms with van der Waals surface area (Å²) in [5.41, 5.74) is -0.0612. The number of anilines is 1. The van der Waals surface area contributed by atoms with Crippen LogP contribution in [-0.4, -0.2) is 46.5 Å². The Morgan fingerprint density at radius 3 is 1.72 bits per heavy atom. The van der Waals surface area contributed by atoms with Crippen molar-refractivity contribution in [1.82, 2.24) is 0 Å². The Balaban J connectivity index is 1.87. The molecule has 1 heterocycles. The molecule has 0 N–H and O–H groups in total. The number of nitro groups is 1. The lowest BCUT2D eigenvalue weighted by atomic mass is 9.84. The number of amides is 2. The van der Waals surface area contributed by atoms with Crippen LogP contribution in [0.4, 0.5) is 11.4 Å². The third-order valence-electron chi connectivity index (χ3n) is 5.85. The van der Waals surface area contributed by atoms with Crippen molar-refractivity contribution >= 4 is 69.6 Å². The molecule has 29 heavy (non-hydrogen) atoms. The van der Waals surface area contributed by atoms with Crippen LogP contribution in [0.5, 0.6) is 0 Å². The molecule has 0 unspecified atom stereocenters. The zero-order valence-corrected chi connectivity index (χ0v) is 17.8. The van der Waals surface area contributed by atoms with Crippen LogP contribution < -0.4 is 4.90 Å². The quantitative estimate of drug-likeness (QED) is 0.215. The first-order chi connectivity index (χ1) is 13.5. The maximum atomic E-state index is 13.3. The van der Waals surface area contributed by atoms with E-state index >= 15 is 0 Å². The van der Waals surface area contributed by atoms with E-state index in [1.54, 1.807) is 0 Å². The Hall–Kier alpha value is -1.42. The molecule has 2 aliphatic carbocycles. The van der Waals surface area contributed by atoms with Gasteiger partial charge in [-0.1, -0.05) is 23.2 Å². The number of hydrogen-bond donors (Lipinski definition) is 0. The molecule has 1 aliphatic heterocycles. The fourth-order valence-corrected chi connectivity index (χ4v) is 6.84. The summed E-state index contributed by atoms with van der Waals surface area (Å²) in [4.78, 5) is 34.1. The molecular weight excluding hydrogens is 470 g/mol. The number of nitro benzene ring substituents is 1. The Morgan fingerprint density at radius 1 is 0.966 bits per heavy atom. The highest BCUT2D eigenvalue weighted by molar-refractivity contribution is 6.54. The van der Waals surface area contributed by atoms with Gasteiger partial charge in [-0.05, 0) is 12.1 Å². The van der Waals surface area contributed by atoms with Crippen LogP contribution in [0, 0.1) is 22.0 Å². The number of carbonyl (C=O) groups excluding carboxylic acids is 2. The van der Waals surface area contributed by atoms with Crippen molar-refractivity contribution < 1.29 is 24.0 Å². The van der Waals surface area contributed by atoms with E-state index < -0.39 is 44.1 Å². The second-order valence-electron chi connectivity index (χ2n) is 6.82. The van der Waals surface area contributed by atoms with Gasteiger partial charge in [0.05, 0.1) is 32.5 Å². The van der Waals surface area contributed by atoms with E-state index in [9.17, 15) is 19.7 Å². The number of ether oxygens (including phenoxy) is 2. The van der Waals surface area contributed by atoms with Crippen LogP contribution in [0.3, 0.4) is 0 Å². The van der Waals surface area contributed by atoms with Gasteiger partial charge >= 0.3 is 0 Å². The Morgan fingerprint density at radius 2 is 1.38 bits per heavy atom. The molecule has 12 heteroatoms. The minimum Gasteiger partial charge on any atom is -0.350 e. The molecule has 2 bridgehead atoms. The van der Waals surface area contributed by atoms with Gasteiger partial charge in [0.2, 0.25) is 17.6 Å². The summed E-state index contributed by atoms with van der Waals surface area (Å²) >= 11 is 26.4. The van der Waals surface area contributed by atoms with Crippen molar-refractivity contribution in [3.63, 3.8) is 0 Å². The molecule has 4 rings (SSSR count). The molecule has 0 aromatic heterocycles.